The molecule has 2 rings (SSSR count). The first-order valence-corrected chi connectivity index (χ1v) is 7.79. The Morgan fingerprint density at radius 2 is 1.16 bits per heavy atom. The zero-order valence-corrected chi connectivity index (χ0v) is 13.5. The van der Waals surface area contributed by atoms with Crippen LogP contribution in [0, 0.1) is 5.92 Å². The summed E-state index contributed by atoms with van der Waals surface area (Å²) in [6, 6.07) is 18.1. The topological polar surface area (TPSA) is 71.4 Å². The maximum Gasteiger partial charge on any atom is 0.176 e. The number of rotatable bonds is 8. The number of hydrogen-bond acceptors (Lipinski definition) is 4. The van der Waals surface area contributed by atoms with Crippen LogP contribution in [0.4, 0.5) is 0 Å². The Hall–Kier alpha value is -3.11. The second-order valence-electron chi connectivity index (χ2n) is 5.35. The minimum absolute atomic E-state index is 0.648. The highest BCUT2D eigenvalue weighted by Gasteiger charge is 2.29. The van der Waals surface area contributed by atoms with Crippen molar-refractivity contribution < 1.29 is 19.5 Å². The quantitative estimate of drug-likeness (QED) is 0.595. The van der Waals surface area contributed by atoms with Crippen molar-refractivity contribution in [2.24, 2.45) is 5.92 Å². The fraction of sp³-hybridized carbons (Fsp3) is 0.0952. The van der Waals surface area contributed by atoms with Crippen molar-refractivity contribution in [3.05, 3.63) is 83.9 Å². The molecule has 0 fully saturated rings. The molecule has 0 aromatic heterocycles. The van der Waals surface area contributed by atoms with Crippen LogP contribution in [0.2, 0.25) is 0 Å². The van der Waals surface area contributed by atoms with Crippen LogP contribution in [0.25, 0.3) is 12.2 Å². The van der Waals surface area contributed by atoms with E-state index in [-0.39, 0.29) is 0 Å². The van der Waals surface area contributed by atoms with Crippen molar-refractivity contribution in [1.82, 2.24) is 0 Å². The minimum atomic E-state index is -1.52. The summed E-state index contributed by atoms with van der Waals surface area (Å²) in [7, 11) is 0. The molecule has 0 aliphatic rings. The van der Waals surface area contributed by atoms with Gasteiger partial charge in [-0.15, -0.1) is 0 Å². The van der Waals surface area contributed by atoms with Gasteiger partial charge in [-0.2, -0.15) is 0 Å². The summed E-state index contributed by atoms with van der Waals surface area (Å²) >= 11 is 0. The molecule has 126 valence electrons. The van der Waals surface area contributed by atoms with Crippen molar-refractivity contribution in [3.63, 3.8) is 0 Å². The molecule has 0 radical (unpaired) electrons. The molecule has 2 aromatic rings. The van der Waals surface area contributed by atoms with Gasteiger partial charge >= 0.3 is 0 Å². The predicted octanol–water partition coefficient (Wildman–Crippen LogP) is 2.73. The monoisotopic (exact) mass is 334 g/mol. The number of allylic oxidation sites excluding steroid dienone is 2. The van der Waals surface area contributed by atoms with Crippen LogP contribution >= 0.6 is 0 Å². The van der Waals surface area contributed by atoms with E-state index in [9.17, 15) is 14.4 Å². The molecule has 0 spiro atoms. The van der Waals surface area contributed by atoms with Crippen LogP contribution in [0.5, 0.6) is 0 Å². The molecular formula is C21H18O4. The van der Waals surface area contributed by atoms with Gasteiger partial charge < -0.3 is 5.11 Å². The second-order valence-corrected chi connectivity index (χ2v) is 5.35. The summed E-state index contributed by atoms with van der Waals surface area (Å²) in [6.07, 6.45) is 5.46. The van der Waals surface area contributed by atoms with Gasteiger partial charge in [-0.3, -0.25) is 14.4 Å². The van der Waals surface area contributed by atoms with E-state index in [0.717, 1.165) is 11.1 Å². The molecule has 0 atom stereocenters. The summed E-state index contributed by atoms with van der Waals surface area (Å²) in [5.41, 5.74) is 1.55. The highest BCUT2D eigenvalue weighted by molar-refractivity contribution is 6.26. The van der Waals surface area contributed by atoms with Crippen molar-refractivity contribution in [3.8, 4) is 0 Å². The van der Waals surface area contributed by atoms with Crippen LogP contribution in [-0.4, -0.2) is 29.1 Å². The summed E-state index contributed by atoms with van der Waals surface area (Å²) in [4.78, 5) is 36.5. The average Bonchev–Trinajstić information content (AvgIpc) is 2.66. The standard InChI is InChI=1S/C21H18O4/c22-15-20(25)21(18(23)13-11-16-7-3-1-4-8-16)19(24)14-12-17-9-5-2-6-10-17/h1-14,21-22H,15H2/b13-11+,14-12+. The molecule has 0 heterocycles. The van der Waals surface area contributed by atoms with Gasteiger partial charge in [0.2, 0.25) is 0 Å². The summed E-state index contributed by atoms with van der Waals surface area (Å²) in [5.74, 6) is -3.63. The van der Waals surface area contributed by atoms with Crippen LogP contribution in [-0.2, 0) is 14.4 Å². The lowest BCUT2D eigenvalue weighted by atomic mass is 9.93. The van der Waals surface area contributed by atoms with Gasteiger partial charge in [0, 0.05) is 0 Å². The van der Waals surface area contributed by atoms with Gasteiger partial charge in [-0.25, -0.2) is 0 Å². The van der Waals surface area contributed by atoms with Gasteiger partial charge in [-0.05, 0) is 23.3 Å². The predicted molar refractivity (Wildman–Crippen MR) is 96.5 cm³/mol. The fourth-order valence-corrected chi connectivity index (χ4v) is 2.23. The molecule has 2 aromatic carbocycles. The van der Waals surface area contributed by atoms with Crippen LogP contribution in [0.3, 0.4) is 0 Å². The van der Waals surface area contributed by atoms with E-state index in [1.165, 1.54) is 24.3 Å². The number of benzene rings is 2. The first-order valence-electron chi connectivity index (χ1n) is 7.79. The lowest BCUT2D eigenvalue weighted by Gasteiger charge is -2.07. The number of ketones is 3. The Bertz CT molecular complexity index is 728. The van der Waals surface area contributed by atoms with E-state index in [0.29, 0.717) is 0 Å². The van der Waals surface area contributed by atoms with Gasteiger partial charge in [-0.1, -0.05) is 72.8 Å². The lowest BCUT2D eigenvalue weighted by Crippen LogP contribution is -2.31. The maximum absolute atomic E-state index is 12.3. The number of carbonyl (C=O) groups is 3. The Balaban J connectivity index is 2.16. The molecule has 4 heteroatoms. The third-order valence-electron chi connectivity index (χ3n) is 3.53. The van der Waals surface area contributed by atoms with Crippen molar-refractivity contribution in [1.29, 1.82) is 0 Å². The Morgan fingerprint density at radius 1 is 0.760 bits per heavy atom. The first kappa shape index (κ1) is 18.2. The van der Waals surface area contributed by atoms with Gasteiger partial charge in [0.05, 0.1) is 0 Å². The number of Topliss-reactive ketones (excluding diaryl/α,β-unsaturated/α-hetero) is 1. The minimum Gasteiger partial charge on any atom is -0.389 e. The molecule has 0 aliphatic carbocycles. The molecule has 0 amide bonds. The number of aliphatic hydroxyl groups is 1. The van der Waals surface area contributed by atoms with E-state index < -0.39 is 29.9 Å². The lowest BCUT2D eigenvalue weighted by molar-refractivity contribution is -0.137. The Morgan fingerprint density at radius 3 is 1.52 bits per heavy atom. The van der Waals surface area contributed by atoms with Crippen molar-refractivity contribution in [2.45, 2.75) is 0 Å². The van der Waals surface area contributed by atoms with Crippen molar-refractivity contribution in [2.75, 3.05) is 6.61 Å². The number of aliphatic hydroxyl groups excluding tert-OH is 1. The Kier molecular flexibility index (Phi) is 6.75. The smallest absolute Gasteiger partial charge is 0.176 e. The molecule has 0 aliphatic heterocycles. The maximum atomic E-state index is 12.3. The molecule has 4 nitrogen and oxygen atoms in total. The molecule has 0 unspecified atom stereocenters. The first-order chi connectivity index (χ1) is 12.1. The van der Waals surface area contributed by atoms with E-state index in [2.05, 4.69) is 0 Å². The third-order valence-corrected chi connectivity index (χ3v) is 3.53. The SMILES string of the molecule is O=C(/C=C/c1ccccc1)C(C(=O)/C=C/c1ccccc1)C(=O)CO. The normalized spacial score (nSPS) is 11.3. The molecule has 0 saturated carbocycles. The number of hydrogen-bond donors (Lipinski definition) is 1. The molecule has 25 heavy (non-hydrogen) atoms. The molecular weight excluding hydrogens is 316 g/mol. The fourth-order valence-electron chi connectivity index (χ4n) is 2.23. The van der Waals surface area contributed by atoms with Crippen LogP contribution < -0.4 is 0 Å². The third kappa shape index (κ3) is 5.48. The second kappa shape index (κ2) is 9.25. The highest BCUT2D eigenvalue weighted by atomic mass is 16.3. The molecule has 0 bridgehead atoms. The largest absolute Gasteiger partial charge is 0.389 e. The van der Waals surface area contributed by atoms with Gasteiger partial charge in [0.25, 0.3) is 0 Å². The zero-order valence-electron chi connectivity index (χ0n) is 13.5. The zero-order chi connectivity index (χ0) is 18.1. The van der Waals surface area contributed by atoms with Gasteiger partial charge in [0.1, 0.15) is 12.5 Å². The summed E-state index contributed by atoms with van der Waals surface area (Å²) in [5, 5.41) is 9.07. The molecule has 0 saturated heterocycles. The Labute approximate surface area is 146 Å². The molecule has 1 N–H and O–H groups in total. The van der Waals surface area contributed by atoms with Crippen LogP contribution in [0.1, 0.15) is 11.1 Å². The van der Waals surface area contributed by atoms with Gasteiger partial charge in [0.15, 0.2) is 17.3 Å². The van der Waals surface area contributed by atoms with E-state index in [1.54, 1.807) is 24.3 Å². The van der Waals surface area contributed by atoms with E-state index in [4.69, 9.17) is 5.11 Å². The van der Waals surface area contributed by atoms with Crippen LogP contribution in [0.15, 0.2) is 72.8 Å². The van der Waals surface area contributed by atoms with E-state index >= 15 is 0 Å². The average molecular weight is 334 g/mol. The van der Waals surface area contributed by atoms with E-state index in [1.807, 2.05) is 36.4 Å². The highest BCUT2D eigenvalue weighted by Crippen LogP contribution is 2.10. The summed E-state index contributed by atoms with van der Waals surface area (Å²) in [6.45, 7) is -0.861. The number of carbonyl (C=O) groups excluding carboxylic acids is 3. The summed E-state index contributed by atoms with van der Waals surface area (Å²) < 4.78 is 0. The van der Waals surface area contributed by atoms with Crippen molar-refractivity contribution >= 4 is 29.5 Å².